The van der Waals surface area contributed by atoms with E-state index in [0.717, 1.165) is 5.56 Å². The van der Waals surface area contributed by atoms with Crippen LogP contribution in [0, 0.1) is 0 Å². The summed E-state index contributed by atoms with van der Waals surface area (Å²) >= 11 is 0. The number of hydrogen-bond acceptors (Lipinski definition) is 3. The third-order valence-corrected chi connectivity index (χ3v) is 3.50. The smallest absolute Gasteiger partial charge is 0.406 e. The number of ketones is 1. The monoisotopic (exact) mass is 287 g/mol. The van der Waals surface area contributed by atoms with E-state index in [9.17, 15) is 18.0 Å². The second-order valence-electron chi connectivity index (χ2n) is 4.87. The van der Waals surface area contributed by atoms with E-state index in [-0.39, 0.29) is 17.6 Å². The molecule has 20 heavy (non-hydrogen) atoms. The van der Waals surface area contributed by atoms with Gasteiger partial charge >= 0.3 is 6.36 Å². The molecule has 1 aromatic rings. The molecule has 0 spiro atoms. The number of carbonyl (C=O) groups excluding carboxylic acids is 1. The van der Waals surface area contributed by atoms with E-state index in [4.69, 9.17) is 0 Å². The largest absolute Gasteiger partial charge is 0.573 e. The van der Waals surface area contributed by atoms with Crippen molar-refractivity contribution in [1.82, 2.24) is 4.90 Å². The molecule has 110 valence electrons. The molecule has 0 saturated carbocycles. The van der Waals surface area contributed by atoms with Gasteiger partial charge < -0.3 is 4.74 Å². The molecule has 0 aliphatic carbocycles. The highest BCUT2D eigenvalue weighted by Crippen LogP contribution is 2.27. The van der Waals surface area contributed by atoms with E-state index in [1.54, 1.807) is 12.1 Å². The molecular weight excluding hydrogens is 271 g/mol. The molecule has 3 nitrogen and oxygen atoms in total. The maximum atomic E-state index is 12.1. The van der Waals surface area contributed by atoms with Gasteiger partial charge in [0.2, 0.25) is 0 Å². The lowest BCUT2D eigenvalue weighted by Gasteiger charge is -2.32. The summed E-state index contributed by atoms with van der Waals surface area (Å²) in [5, 5.41) is 0. The number of halogens is 3. The second-order valence-corrected chi connectivity index (χ2v) is 4.87. The van der Waals surface area contributed by atoms with E-state index < -0.39 is 6.36 Å². The van der Waals surface area contributed by atoms with Crippen LogP contribution in [0.1, 0.15) is 31.4 Å². The fraction of sp³-hybridized carbons (Fsp3) is 0.500. The first-order chi connectivity index (χ1) is 9.35. The summed E-state index contributed by atoms with van der Waals surface area (Å²) in [7, 11) is 0. The summed E-state index contributed by atoms with van der Waals surface area (Å²) in [6.45, 7) is 3.37. The fourth-order valence-electron chi connectivity index (χ4n) is 2.32. The van der Waals surface area contributed by atoms with Crippen LogP contribution in [-0.2, 0) is 4.79 Å². The molecule has 1 unspecified atom stereocenters. The summed E-state index contributed by atoms with van der Waals surface area (Å²) in [5.41, 5.74) is 0.911. The maximum Gasteiger partial charge on any atom is 0.573 e. The Morgan fingerprint density at radius 2 is 1.70 bits per heavy atom. The van der Waals surface area contributed by atoms with E-state index in [1.165, 1.54) is 12.1 Å². The van der Waals surface area contributed by atoms with Gasteiger partial charge in [0.1, 0.15) is 11.5 Å². The predicted octanol–water partition coefficient (Wildman–Crippen LogP) is 3.31. The van der Waals surface area contributed by atoms with Gasteiger partial charge in [-0.05, 0) is 24.6 Å². The topological polar surface area (TPSA) is 29.5 Å². The molecule has 1 fully saturated rings. The normalized spacial score (nSPS) is 18.9. The van der Waals surface area contributed by atoms with Crippen LogP contribution in [0.25, 0.3) is 0 Å². The standard InChI is InChI=1S/C14H16F3NO2/c1-10(18-8-6-12(19)7-9-18)11-2-4-13(5-3-11)20-14(15,16)17/h2-5,10H,6-9H2,1H3. The van der Waals surface area contributed by atoms with E-state index in [1.807, 2.05) is 6.92 Å². The molecule has 0 N–H and O–H groups in total. The van der Waals surface area contributed by atoms with Gasteiger partial charge in [0.05, 0.1) is 0 Å². The van der Waals surface area contributed by atoms with Crippen molar-refractivity contribution in [2.24, 2.45) is 0 Å². The molecule has 0 aromatic heterocycles. The number of carbonyl (C=O) groups is 1. The second kappa shape index (κ2) is 5.83. The molecule has 1 saturated heterocycles. The number of benzene rings is 1. The lowest BCUT2D eigenvalue weighted by Crippen LogP contribution is -2.35. The number of rotatable bonds is 3. The van der Waals surface area contributed by atoms with Gasteiger partial charge in [-0.2, -0.15) is 0 Å². The first kappa shape index (κ1) is 14.8. The minimum absolute atomic E-state index is 0.0723. The van der Waals surface area contributed by atoms with Crippen molar-refractivity contribution in [2.45, 2.75) is 32.2 Å². The van der Waals surface area contributed by atoms with E-state index in [0.29, 0.717) is 25.9 Å². The number of alkyl halides is 3. The summed E-state index contributed by atoms with van der Waals surface area (Å²) in [5.74, 6) is 0.0460. The van der Waals surface area contributed by atoms with Crippen LogP contribution in [-0.4, -0.2) is 30.1 Å². The number of Topliss-reactive ketones (excluding diaryl/α,β-unsaturated/α-hetero) is 1. The molecular formula is C14H16F3NO2. The zero-order valence-corrected chi connectivity index (χ0v) is 11.1. The van der Waals surface area contributed by atoms with Gasteiger partial charge in [-0.15, -0.1) is 13.2 Å². The van der Waals surface area contributed by atoms with Crippen LogP contribution in [0.5, 0.6) is 5.75 Å². The average Bonchev–Trinajstić information content (AvgIpc) is 2.38. The zero-order chi connectivity index (χ0) is 14.8. The Labute approximate surface area is 115 Å². The first-order valence-electron chi connectivity index (χ1n) is 6.46. The Morgan fingerprint density at radius 3 is 2.20 bits per heavy atom. The number of piperidine rings is 1. The highest BCUT2D eigenvalue weighted by Gasteiger charge is 2.31. The van der Waals surface area contributed by atoms with Crippen LogP contribution >= 0.6 is 0 Å². The third kappa shape index (κ3) is 3.96. The quantitative estimate of drug-likeness (QED) is 0.854. The molecule has 1 heterocycles. The van der Waals surface area contributed by atoms with Crippen molar-refractivity contribution in [1.29, 1.82) is 0 Å². The van der Waals surface area contributed by atoms with Crippen molar-refractivity contribution in [2.75, 3.05) is 13.1 Å². The summed E-state index contributed by atoms with van der Waals surface area (Å²) in [6, 6.07) is 5.95. The van der Waals surface area contributed by atoms with E-state index >= 15 is 0 Å². The average molecular weight is 287 g/mol. The van der Waals surface area contributed by atoms with Crippen molar-refractivity contribution < 1.29 is 22.7 Å². The minimum atomic E-state index is -4.67. The van der Waals surface area contributed by atoms with Gasteiger partial charge in [-0.1, -0.05) is 12.1 Å². The Hall–Kier alpha value is -1.56. The maximum absolute atomic E-state index is 12.1. The van der Waals surface area contributed by atoms with Gasteiger partial charge in [0.25, 0.3) is 0 Å². The summed E-state index contributed by atoms with van der Waals surface area (Å²) in [6.07, 6.45) is -3.58. The first-order valence-corrected chi connectivity index (χ1v) is 6.46. The molecule has 1 aliphatic heterocycles. The van der Waals surface area contributed by atoms with Gasteiger partial charge in [0, 0.05) is 32.0 Å². The molecule has 0 bridgehead atoms. The molecule has 0 radical (unpaired) electrons. The third-order valence-electron chi connectivity index (χ3n) is 3.50. The molecule has 1 aliphatic rings. The van der Waals surface area contributed by atoms with Crippen molar-refractivity contribution >= 4 is 5.78 Å². The lowest BCUT2D eigenvalue weighted by molar-refractivity contribution is -0.274. The number of nitrogens with zero attached hydrogens (tertiary/aromatic N) is 1. The molecule has 1 aromatic carbocycles. The highest BCUT2D eigenvalue weighted by atomic mass is 19.4. The lowest BCUT2D eigenvalue weighted by atomic mass is 10.0. The van der Waals surface area contributed by atoms with Gasteiger partial charge in [-0.25, -0.2) is 0 Å². The van der Waals surface area contributed by atoms with E-state index in [2.05, 4.69) is 9.64 Å². The summed E-state index contributed by atoms with van der Waals surface area (Å²) in [4.78, 5) is 13.3. The predicted molar refractivity (Wildman–Crippen MR) is 67.4 cm³/mol. The van der Waals surface area contributed by atoms with Crippen LogP contribution in [0.3, 0.4) is 0 Å². The van der Waals surface area contributed by atoms with Gasteiger partial charge in [-0.3, -0.25) is 9.69 Å². The highest BCUT2D eigenvalue weighted by molar-refractivity contribution is 5.79. The van der Waals surface area contributed by atoms with Crippen molar-refractivity contribution in [3.8, 4) is 5.75 Å². The number of ether oxygens (including phenoxy) is 1. The van der Waals surface area contributed by atoms with Crippen LogP contribution in [0.4, 0.5) is 13.2 Å². The Morgan fingerprint density at radius 1 is 1.15 bits per heavy atom. The molecule has 1 atom stereocenters. The number of likely N-dealkylation sites (tertiary alicyclic amines) is 1. The van der Waals surface area contributed by atoms with Crippen LogP contribution in [0.15, 0.2) is 24.3 Å². The fourth-order valence-corrected chi connectivity index (χ4v) is 2.32. The molecule has 0 amide bonds. The Bertz CT molecular complexity index is 460. The van der Waals surface area contributed by atoms with Crippen LogP contribution < -0.4 is 4.74 Å². The zero-order valence-electron chi connectivity index (χ0n) is 11.1. The Kier molecular flexibility index (Phi) is 4.32. The molecule has 6 heteroatoms. The van der Waals surface area contributed by atoms with Crippen LogP contribution in [0.2, 0.25) is 0 Å². The van der Waals surface area contributed by atoms with Crippen molar-refractivity contribution in [3.05, 3.63) is 29.8 Å². The molecule has 2 rings (SSSR count). The minimum Gasteiger partial charge on any atom is -0.406 e. The van der Waals surface area contributed by atoms with Crippen molar-refractivity contribution in [3.63, 3.8) is 0 Å². The SMILES string of the molecule is CC(c1ccc(OC(F)(F)F)cc1)N1CCC(=O)CC1. The number of hydrogen-bond donors (Lipinski definition) is 0. The van der Waals surface area contributed by atoms with Gasteiger partial charge in [0.15, 0.2) is 0 Å². The Balaban J connectivity index is 2.00. The summed E-state index contributed by atoms with van der Waals surface area (Å²) < 4.78 is 40.0.